The maximum Gasteiger partial charge on any atom is 0.190 e. The molecule has 0 bridgehead atoms. The highest BCUT2D eigenvalue weighted by Crippen LogP contribution is 2.44. The van der Waals surface area contributed by atoms with E-state index >= 15 is 0 Å². The first kappa shape index (κ1) is 30.2. The summed E-state index contributed by atoms with van der Waals surface area (Å²) in [4.78, 5) is 4.97. The van der Waals surface area contributed by atoms with Crippen molar-refractivity contribution in [1.82, 2.24) is 10.3 Å². The van der Waals surface area contributed by atoms with Crippen molar-refractivity contribution in [3.63, 3.8) is 0 Å². The summed E-state index contributed by atoms with van der Waals surface area (Å²) in [5, 5.41) is 8.69. The molecule has 232 valence electrons. The predicted molar refractivity (Wildman–Crippen MR) is 165 cm³/mol. The molecule has 2 N–H and O–H groups in total. The second kappa shape index (κ2) is 13.0. The molecule has 0 saturated carbocycles. The van der Waals surface area contributed by atoms with Crippen LogP contribution in [0.4, 0.5) is 5.69 Å². The van der Waals surface area contributed by atoms with E-state index in [4.69, 9.17) is 28.7 Å². The lowest BCUT2D eigenvalue weighted by Gasteiger charge is -2.37. The molecule has 42 heavy (non-hydrogen) atoms. The largest absolute Gasteiger partial charge is 0.384 e. The number of aryl methyl sites for hydroxylation is 1. The van der Waals surface area contributed by atoms with Crippen molar-refractivity contribution in [3.8, 4) is 0 Å². The molecule has 1 aromatic heterocycles. The van der Waals surface area contributed by atoms with Gasteiger partial charge in [-0.3, -0.25) is 4.98 Å². The quantitative estimate of drug-likeness (QED) is 0.269. The van der Waals surface area contributed by atoms with Gasteiger partial charge in [-0.2, -0.15) is 0 Å². The molecule has 2 aromatic rings. The summed E-state index contributed by atoms with van der Waals surface area (Å²) in [7, 11) is 0. The summed E-state index contributed by atoms with van der Waals surface area (Å²) < 4.78 is 30.9. The van der Waals surface area contributed by atoms with Crippen molar-refractivity contribution >= 4 is 16.6 Å². The summed E-state index contributed by atoms with van der Waals surface area (Å²) in [6.07, 6.45) is 12.5. The Kier molecular flexibility index (Phi) is 9.39. The van der Waals surface area contributed by atoms with Gasteiger partial charge < -0.3 is 34.3 Å². The molecule has 0 amide bonds. The first-order valence-electron chi connectivity index (χ1n) is 16.5. The van der Waals surface area contributed by atoms with Gasteiger partial charge in [0.05, 0.1) is 5.52 Å². The van der Waals surface area contributed by atoms with Gasteiger partial charge in [0, 0.05) is 29.9 Å². The van der Waals surface area contributed by atoms with Crippen LogP contribution in [-0.2, 0) is 36.5 Å². The summed E-state index contributed by atoms with van der Waals surface area (Å²) in [5.41, 5.74) is 5.25. The summed E-state index contributed by atoms with van der Waals surface area (Å²) in [5.74, 6) is -1.33. The first-order chi connectivity index (χ1) is 20.3. The lowest BCUT2D eigenvalue weighted by atomic mass is 9.92. The van der Waals surface area contributed by atoms with E-state index in [2.05, 4.69) is 34.9 Å². The molecule has 8 heteroatoms. The number of hydrogen-bond acceptors (Lipinski definition) is 8. The van der Waals surface area contributed by atoms with Crippen LogP contribution in [0.15, 0.2) is 24.3 Å². The molecule has 0 spiro atoms. The second-order valence-corrected chi connectivity index (χ2v) is 13.4. The number of rotatable bonds is 13. The van der Waals surface area contributed by atoms with E-state index < -0.39 is 17.9 Å². The van der Waals surface area contributed by atoms with Crippen molar-refractivity contribution in [1.29, 1.82) is 0 Å². The monoisotopic (exact) mass is 581 g/mol. The predicted octanol–water partition coefficient (Wildman–Crippen LogP) is 6.24. The highest BCUT2D eigenvalue weighted by molar-refractivity contribution is 5.93. The van der Waals surface area contributed by atoms with Gasteiger partial charge in [0.25, 0.3) is 0 Å². The molecular formula is C34H51N3O5. The van der Waals surface area contributed by atoms with Crippen molar-refractivity contribution in [2.45, 2.75) is 141 Å². The van der Waals surface area contributed by atoms with Gasteiger partial charge in [-0.05, 0) is 84.4 Å². The topological polar surface area (TPSA) is 83.1 Å². The summed E-state index contributed by atoms with van der Waals surface area (Å²) in [6.45, 7) is 10.5. The summed E-state index contributed by atoms with van der Waals surface area (Å²) >= 11 is 0. The minimum absolute atomic E-state index is 0.125. The number of ether oxygens (including phenoxy) is 5. The van der Waals surface area contributed by atoms with Crippen LogP contribution in [0, 0.1) is 0 Å². The maximum atomic E-state index is 6.30. The average molecular weight is 582 g/mol. The number of hydrogen-bond donors (Lipinski definition) is 2. The smallest absolute Gasteiger partial charge is 0.190 e. The minimum atomic E-state index is -0.678. The third-order valence-electron chi connectivity index (χ3n) is 9.10. The van der Waals surface area contributed by atoms with E-state index in [1.165, 1.54) is 80.1 Å². The van der Waals surface area contributed by atoms with E-state index in [1.807, 2.05) is 27.7 Å². The van der Waals surface area contributed by atoms with Gasteiger partial charge in [0.2, 0.25) is 0 Å². The van der Waals surface area contributed by atoms with E-state index in [9.17, 15) is 0 Å². The van der Waals surface area contributed by atoms with Gasteiger partial charge in [-0.1, -0.05) is 50.3 Å². The van der Waals surface area contributed by atoms with Crippen LogP contribution in [0.3, 0.4) is 0 Å². The molecule has 6 rings (SSSR count). The van der Waals surface area contributed by atoms with E-state index in [0.29, 0.717) is 0 Å². The normalized spacial score (nSPS) is 29.3. The molecule has 3 saturated heterocycles. The highest BCUT2D eigenvalue weighted by atomic mass is 16.9. The number of aromatic nitrogens is 1. The van der Waals surface area contributed by atoms with Crippen molar-refractivity contribution < 1.29 is 23.7 Å². The number of unbranched alkanes of at least 4 members (excludes halogenated alkanes) is 6. The average Bonchev–Trinajstić information content (AvgIpc) is 3.46. The van der Waals surface area contributed by atoms with E-state index in [-0.39, 0.29) is 24.4 Å². The van der Waals surface area contributed by atoms with E-state index in [1.54, 1.807) is 0 Å². The van der Waals surface area contributed by atoms with Crippen LogP contribution < -0.4 is 10.6 Å². The minimum Gasteiger partial charge on any atom is -0.384 e. The standard InChI is InChI=1S/C34H51N3O5/c1-33(2)39-29-27(38-32-31(30(29)40-33)41-34(3,4)42-32)22-35-20-14-8-6-5-7-9-15-21-36-28-23-16-10-12-18-25(23)37-26-19-13-11-17-24(26)28/h10,12,16,18,27,29-32,35H,5-9,11,13-15,17,19-22H2,1-4H3,(H,36,37)/t27-,29+,30+,31-,32-/m1/s1. The van der Waals surface area contributed by atoms with Gasteiger partial charge in [0.1, 0.15) is 24.4 Å². The molecule has 8 nitrogen and oxygen atoms in total. The van der Waals surface area contributed by atoms with Crippen LogP contribution in [0.25, 0.3) is 10.9 Å². The van der Waals surface area contributed by atoms with Gasteiger partial charge in [-0.15, -0.1) is 0 Å². The molecule has 0 unspecified atom stereocenters. The lowest BCUT2D eigenvalue weighted by Crippen LogP contribution is -2.57. The number of nitrogens with zero attached hydrogens (tertiary/aromatic N) is 1. The Morgan fingerprint density at radius 1 is 0.762 bits per heavy atom. The molecule has 3 fully saturated rings. The van der Waals surface area contributed by atoms with Crippen LogP contribution >= 0.6 is 0 Å². The zero-order valence-corrected chi connectivity index (χ0v) is 26.1. The molecule has 4 heterocycles. The van der Waals surface area contributed by atoms with Crippen LogP contribution in [0.5, 0.6) is 0 Å². The molecule has 4 aliphatic rings. The number of fused-ring (bicyclic) bond motifs is 5. The Bertz CT molecular complexity index is 1200. The number of para-hydroxylation sites is 1. The SMILES string of the molecule is CC1(C)O[C@H]2[C@@H](O1)[C@@H](CNCCCCCCCCCNc1c3c(nc4ccccc14)CCCC3)O[C@@H]1OC(C)(C)O[C@@H]12. The number of anilines is 1. The Hall–Kier alpha value is -1.81. The molecule has 1 aliphatic carbocycles. The van der Waals surface area contributed by atoms with Crippen LogP contribution in [-0.4, -0.2) is 66.9 Å². The zero-order chi connectivity index (χ0) is 29.2. The van der Waals surface area contributed by atoms with Crippen molar-refractivity contribution in [2.24, 2.45) is 0 Å². The van der Waals surface area contributed by atoms with E-state index in [0.717, 1.165) is 38.0 Å². The zero-order valence-electron chi connectivity index (χ0n) is 26.1. The van der Waals surface area contributed by atoms with Crippen LogP contribution in [0.1, 0.15) is 96.7 Å². The first-order valence-corrected chi connectivity index (χ1v) is 16.5. The van der Waals surface area contributed by atoms with Crippen LogP contribution in [0.2, 0.25) is 0 Å². The lowest BCUT2D eigenvalue weighted by molar-refractivity contribution is -0.232. The molecule has 3 aliphatic heterocycles. The highest BCUT2D eigenvalue weighted by Gasteiger charge is 2.60. The summed E-state index contributed by atoms with van der Waals surface area (Å²) in [6, 6.07) is 8.60. The van der Waals surface area contributed by atoms with Crippen molar-refractivity contribution in [3.05, 3.63) is 35.5 Å². The fourth-order valence-corrected chi connectivity index (χ4v) is 7.15. The maximum absolute atomic E-state index is 6.30. The van der Waals surface area contributed by atoms with Gasteiger partial charge >= 0.3 is 0 Å². The Labute approximate surface area is 251 Å². The molecule has 1 aromatic carbocycles. The molecule has 5 atom stereocenters. The third-order valence-corrected chi connectivity index (χ3v) is 9.10. The van der Waals surface area contributed by atoms with Gasteiger partial charge in [0.15, 0.2) is 17.9 Å². The fraction of sp³-hybridized carbons (Fsp3) is 0.735. The van der Waals surface area contributed by atoms with Gasteiger partial charge in [-0.25, -0.2) is 0 Å². The Morgan fingerprint density at radius 3 is 2.26 bits per heavy atom. The Morgan fingerprint density at radius 2 is 1.43 bits per heavy atom. The number of benzene rings is 1. The van der Waals surface area contributed by atoms with Crippen molar-refractivity contribution in [2.75, 3.05) is 25.0 Å². The molecule has 0 radical (unpaired) electrons. The molecular weight excluding hydrogens is 530 g/mol. The fourth-order valence-electron chi connectivity index (χ4n) is 7.15. The Balaban J connectivity index is 0.848. The third kappa shape index (κ3) is 6.95. The second-order valence-electron chi connectivity index (χ2n) is 13.4. The number of nitrogens with one attached hydrogen (secondary N) is 2. The number of pyridine rings is 1.